The van der Waals surface area contributed by atoms with Crippen LogP contribution in [0.1, 0.15) is 6.42 Å². The number of rotatable bonds is 4. The van der Waals surface area contributed by atoms with Gasteiger partial charge in [-0.1, -0.05) is 6.58 Å². The highest BCUT2D eigenvalue weighted by Gasteiger charge is 2.12. The van der Waals surface area contributed by atoms with Crippen molar-refractivity contribution in [1.82, 2.24) is 0 Å². The van der Waals surface area contributed by atoms with Gasteiger partial charge in [0, 0.05) is 0 Å². The summed E-state index contributed by atoms with van der Waals surface area (Å²) in [7, 11) is 0. The Hall–Kier alpha value is -1.16. The fourth-order valence-corrected chi connectivity index (χ4v) is 0.440. The Morgan fingerprint density at radius 1 is 1.70 bits per heavy atom. The first-order chi connectivity index (χ1) is 4.57. The minimum Gasteiger partial charge on any atom is -0.481 e. The third-order valence-corrected chi connectivity index (χ3v) is 0.961. The summed E-state index contributed by atoms with van der Waals surface area (Å²) in [5.74, 6) is -1.52. The lowest BCUT2D eigenvalue weighted by molar-refractivity contribution is -0.138. The van der Waals surface area contributed by atoms with E-state index in [4.69, 9.17) is 10.8 Å². The van der Waals surface area contributed by atoms with Gasteiger partial charge in [0.05, 0.1) is 12.5 Å². The summed E-state index contributed by atoms with van der Waals surface area (Å²) < 4.78 is 0. The topological polar surface area (TPSA) is 80.4 Å². The highest BCUT2D eigenvalue weighted by Crippen LogP contribution is 1.89. The van der Waals surface area contributed by atoms with Crippen LogP contribution in [0.25, 0.3) is 0 Å². The largest absolute Gasteiger partial charge is 0.481 e. The molecule has 4 nitrogen and oxygen atoms in total. The van der Waals surface area contributed by atoms with Crippen molar-refractivity contribution in [3.63, 3.8) is 0 Å². The molecule has 0 aromatic carbocycles. The summed E-state index contributed by atoms with van der Waals surface area (Å²) in [6.07, 6.45) is 0.679. The maximum Gasteiger partial charge on any atom is 0.305 e. The number of carbonyl (C=O) groups is 2. The molecule has 56 valence electrons. The number of carboxylic acid groups (broad SMARTS) is 1. The van der Waals surface area contributed by atoms with Crippen LogP contribution in [0.2, 0.25) is 0 Å². The molecule has 0 heterocycles. The van der Waals surface area contributed by atoms with Gasteiger partial charge in [-0.2, -0.15) is 0 Å². The molecule has 0 amide bonds. The predicted octanol–water partition coefficient (Wildman–Crippen LogP) is -0.457. The van der Waals surface area contributed by atoms with Gasteiger partial charge in [0.1, 0.15) is 0 Å². The molecule has 3 N–H and O–H groups in total. The average Bonchev–Trinajstić information content (AvgIpc) is 1.85. The molecule has 0 spiro atoms. The van der Waals surface area contributed by atoms with Crippen molar-refractivity contribution in [1.29, 1.82) is 0 Å². The average molecular weight is 143 g/mol. The lowest BCUT2D eigenvalue weighted by atomic mass is 10.1. The SMILES string of the molecule is C=CC(=O)[C@@H](N)CC(=O)O. The van der Waals surface area contributed by atoms with E-state index in [1.807, 2.05) is 0 Å². The molecule has 1 atom stereocenters. The van der Waals surface area contributed by atoms with Crippen LogP contribution in [0.15, 0.2) is 12.7 Å². The van der Waals surface area contributed by atoms with Crippen LogP contribution >= 0.6 is 0 Å². The molecule has 0 aromatic heterocycles. The molecule has 0 radical (unpaired) electrons. The maximum absolute atomic E-state index is 10.5. The van der Waals surface area contributed by atoms with Gasteiger partial charge in [-0.3, -0.25) is 9.59 Å². The zero-order chi connectivity index (χ0) is 8.15. The van der Waals surface area contributed by atoms with Crippen LogP contribution < -0.4 is 5.73 Å². The van der Waals surface area contributed by atoms with Crippen LogP contribution in [-0.4, -0.2) is 22.9 Å². The molecular weight excluding hydrogens is 134 g/mol. The van der Waals surface area contributed by atoms with Gasteiger partial charge < -0.3 is 10.8 Å². The van der Waals surface area contributed by atoms with Gasteiger partial charge in [0.25, 0.3) is 0 Å². The van der Waals surface area contributed by atoms with E-state index in [2.05, 4.69) is 6.58 Å². The Morgan fingerprint density at radius 3 is 2.50 bits per heavy atom. The number of carbonyl (C=O) groups excluding carboxylic acids is 1. The molecule has 0 rings (SSSR count). The number of nitrogens with two attached hydrogens (primary N) is 1. The fourth-order valence-electron chi connectivity index (χ4n) is 0.440. The summed E-state index contributed by atoms with van der Waals surface area (Å²) >= 11 is 0. The molecule has 0 bridgehead atoms. The van der Waals surface area contributed by atoms with Crippen molar-refractivity contribution in [2.24, 2.45) is 5.73 Å². The van der Waals surface area contributed by atoms with Gasteiger partial charge in [0.15, 0.2) is 5.78 Å². The molecule has 0 aliphatic rings. The second-order valence-electron chi connectivity index (χ2n) is 1.81. The molecule has 0 aliphatic heterocycles. The Balaban J connectivity index is 3.84. The molecule has 0 aliphatic carbocycles. The Morgan fingerprint density at radius 2 is 2.20 bits per heavy atom. The minimum absolute atomic E-state index is 0.342. The van der Waals surface area contributed by atoms with Crippen molar-refractivity contribution >= 4 is 11.8 Å². The fraction of sp³-hybridized carbons (Fsp3) is 0.333. The lowest BCUT2D eigenvalue weighted by Crippen LogP contribution is -2.31. The number of aliphatic carboxylic acids is 1. The third kappa shape index (κ3) is 2.99. The van der Waals surface area contributed by atoms with Crippen molar-refractivity contribution in [2.75, 3.05) is 0 Å². The highest BCUT2D eigenvalue weighted by atomic mass is 16.4. The van der Waals surface area contributed by atoms with E-state index in [0.717, 1.165) is 6.08 Å². The lowest BCUT2D eigenvalue weighted by Gasteiger charge is -2.01. The number of carboxylic acids is 1. The van der Waals surface area contributed by atoms with Gasteiger partial charge >= 0.3 is 5.97 Å². The van der Waals surface area contributed by atoms with E-state index in [-0.39, 0.29) is 6.42 Å². The smallest absolute Gasteiger partial charge is 0.305 e. The van der Waals surface area contributed by atoms with E-state index >= 15 is 0 Å². The second-order valence-corrected chi connectivity index (χ2v) is 1.81. The zero-order valence-electron chi connectivity index (χ0n) is 5.41. The van der Waals surface area contributed by atoms with Crippen LogP contribution in [0.3, 0.4) is 0 Å². The van der Waals surface area contributed by atoms with E-state index in [9.17, 15) is 9.59 Å². The summed E-state index contributed by atoms with van der Waals surface area (Å²) in [5, 5.41) is 8.16. The van der Waals surface area contributed by atoms with E-state index in [1.54, 1.807) is 0 Å². The Labute approximate surface area is 58.3 Å². The van der Waals surface area contributed by atoms with Gasteiger partial charge in [-0.25, -0.2) is 0 Å². The highest BCUT2D eigenvalue weighted by molar-refractivity contribution is 5.95. The zero-order valence-corrected chi connectivity index (χ0v) is 5.41. The van der Waals surface area contributed by atoms with Crippen LogP contribution in [0.5, 0.6) is 0 Å². The predicted molar refractivity (Wildman–Crippen MR) is 35.4 cm³/mol. The quantitative estimate of drug-likeness (QED) is 0.522. The minimum atomic E-state index is -1.08. The number of hydrogen-bond donors (Lipinski definition) is 2. The second kappa shape index (κ2) is 3.79. The van der Waals surface area contributed by atoms with E-state index < -0.39 is 17.8 Å². The molecule has 10 heavy (non-hydrogen) atoms. The molecule has 0 aromatic rings. The molecule has 0 unspecified atom stereocenters. The van der Waals surface area contributed by atoms with Gasteiger partial charge in [-0.05, 0) is 6.08 Å². The van der Waals surface area contributed by atoms with E-state index in [1.165, 1.54) is 0 Å². The van der Waals surface area contributed by atoms with Crippen molar-refractivity contribution in [2.45, 2.75) is 12.5 Å². The normalized spacial score (nSPS) is 12.1. The number of hydrogen-bond acceptors (Lipinski definition) is 3. The van der Waals surface area contributed by atoms with Crippen LogP contribution in [-0.2, 0) is 9.59 Å². The summed E-state index contributed by atoms with van der Waals surface area (Å²) in [6.45, 7) is 3.17. The first-order valence-corrected chi connectivity index (χ1v) is 2.71. The van der Waals surface area contributed by atoms with Crippen molar-refractivity contribution in [3.8, 4) is 0 Å². The van der Waals surface area contributed by atoms with Crippen molar-refractivity contribution in [3.05, 3.63) is 12.7 Å². The van der Waals surface area contributed by atoms with E-state index in [0.29, 0.717) is 0 Å². The summed E-state index contributed by atoms with van der Waals surface area (Å²) in [5.41, 5.74) is 5.13. The Kier molecular flexibility index (Phi) is 3.35. The van der Waals surface area contributed by atoms with Crippen LogP contribution in [0.4, 0.5) is 0 Å². The molecule has 0 fully saturated rings. The molecular formula is C6H9NO3. The summed E-state index contributed by atoms with van der Waals surface area (Å²) in [6, 6.07) is -0.949. The van der Waals surface area contributed by atoms with Gasteiger partial charge in [-0.15, -0.1) is 0 Å². The number of ketones is 1. The Bertz CT molecular complexity index is 164. The van der Waals surface area contributed by atoms with Gasteiger partial charge in [0.2, 0.25) is 0 Å². The maximum atomic E-state index is 10.5. The first kappa shape index (κ1) is 8.84. The standard InChI is InChI=1S/C6H9NO3/c1-2-5(8)4(7)3-6(9)10/h2,4H,1,3,7H2,(H,9,10)/t4-/m0/s1. The van der Waals surface area contributed by atoms with Crippen molar-refractivity contribution < 1.29 is 14.7 Å². The molecule has 0 saturated carbocycles. The first-order valence-electron chi connectivity index (χ1n) is 2.71. The van der Waals surface area contributed by atoms with Crippen LogP contribution in [0, 0.1) is 0 Å². The molecule has 0 saturated heterocycles. The third-order valence-electron chi connectivity index (χ3n) is 0.961. The monoisotopic (exact) mass is 143 g/mol. The summed E-state index contributed by atoms with van der Waals surface area (Å²) in [4.78, 5) is 20.5. The molecule has 4 heteroatoms.